The number of aliphatic carboxylic acids is 2. The van der Waals surface area contributed by atoms with Gasteiger partial charge >= 0.3 is 11.9 Å². The van der Waals surface area contributed by atoms with Crippen molar-refractivity contribution < 1.29 is 33.4 Å². The van der Waals surface area contributed by atoms with Crippen LogP contribution in [0.4, 0.5) is 20.2 Å². The van der Waals surface area contributed by atoms with E-state index in [1.807, 2.05) is 0 Å². The molecule has 0 bridgehead atoms. The molecule has 25 heavy (non-hydrogen) atoms. The molecule has 0 saturated carbocycles. The third kappa shape index (κ3) is 4.43. The molecule has 1 aliphatic rings. The van der Waals surface area contributed by atoms with E-state index in [2.05, 4.69) is 0 Å². The topological polar surface area (TPSA) is 98.1 Å². The summed E-state index contributed by atoms with van der Waals surface area (Å²) < 4.78 is 25.5. The largest absolute Gasteiger partial charge is 0.480 e. The van der Waals surface area contributed by atoms with E-state index < -0.39 is 43.9 Å². The summed E-state index contributed by atoms with van der Waals surface area (Å²) in [6, 6.07) is 3.11. The fourth-order valence-corrected chi connectivity index (χ4v) is 2.92. The SMILES string of the molecule is Cc1cc2c(cc1N(CC(=O)O)CC(=O)O)CCC(=O)N2CC(F)F. The summed E-state index contributed by atoms with van der Waals surface area (Å²) in [6.07, 6.45) is -2.28. The first kappa shape index (κ1) is 18.6. The van der Waals surface area contributed by atoms with Crippen molar-refractivity contribution in [3.05, 3.63) is 23.3 Å². The van der Waals surface area contributed by atoms with Gasteiger partial charge in [0, 0.05) is 17.8 Å². The second kappa shape index (κ2) is 7.45. The summed E-state index contributed by atoms with van der Waals surface area (Å²) >= 11 is 0. The van der Waals surface area contributed by atoms with Crippen LogP contribution in [0, 0.1) is 6.92 Å². The third-order valence-corrected chi connectivity index (χ3v) is 3.91. The summed E-state index contributed by atoms with van der Waals surface area (Å²) in [5, 5.41) is 18.0. The van der Waals surface area contributed by atoms with Crippen molar-refractivity contribution in [3.8, 4) is 0 Å². The van der Waals surface area contributed by atoms with Crippen molar-refractivity contribution in [3.63, 3.8) is 0 Å². The summed E-state index contributed by atoms with van der Waals surface area (Å²) in [7, 11) is 0. The number of carbonyl (C=O) groups excluding carboxylic acids is 1. The molecule has 1 aromatic rings. The Balaban J connectivity index is 2.44. The van der Waals surface area contributed by atoms with E-state index in [9.17, 15) is 23.2 Å². The first-order chi connectivity index (χ1) is 11.7. The number of fused-ring (bicyclic) bond motifs is 1. The molecule has 136 valence electrons. The van der Waals surface area contributed by atoms with Crippen LogP contribution in [0.2, 0.25) is 0 Å². The molecule has 2 rings (SSSR count). The molecule has 0 aromatic heterocycles. The highest BCUT2D eigenvalue weighted by atomic mass is 19.3. The van der Waals surface area contributed by atoms with Gasteiger partial charge in [0.1, 0.15) is 13.1 Å². The number of hydrogen-bond donors (Lipinski definition) is 2. The molecule has 0 spiro atoms. The quantitative estimate of drug-likeness (QED) is 0.769. The second-order valence-corrected chi connectivity index (χ2v) is 5.81. The number of alkyl halides is 2. The maximum Gasteiger partial charge on any atom is 0.323 e. The molecule has 1 aliphatic heterocycles. The van der Waals surface area contributed by atoms with Crippen molar-refractivity contribution in [1.82, 2.24) is 0 Å². The monoisotopic (exact) mass is 356 g/mol. The van der Waals surface area contributed by atoms with Crippen LogP contribution in [0.15, 0.2) is 12.1 Å². The van der Waals surface area contributed by atoms with Crippen LogP contribution in [0.1, 0.15) is 17.5 Å². The van der Waals surface area contributed by atoms with Gasteiger partial charge < -0.3 is 20.0 Å². The molecule has 9 heteroatoms. The molecule has 0 unspecified atom stereocenters. The summed E-state index contributed by atoms with van der Waals surface area (Å²) in [4.78, 5) is 36.2. The van der Waals surface area contributed by atoms with Gasteiger partial charge in [0.05, 0.1) is 6.54 Å². The highest BCUT2D eigenvalue weighted by Crippen LogP contribution is 2.34. The average Bonchev–Trinajstić information content (AvgIpc) is 2.48. The predicted octanol–water partition coefficient (Wildman–Crippen LogP) is 1.51. The lowest BCUT2D eigenvalue weighted by Crippen LogP contribution is -2.39. The van der Waals surface area contributed by atoms with Gasteiger partial charge in [-0.15, -0.1) is 0 Å². The van der Waals surface area contributed by atoms with Gasteiger partial charge in [-0.25, -0.2) is 8.78 Å². The molecule has 2 N–H and O–H groups in total. The normalized spacial score (nSPS) is 13.8. The number of benzene rings is 1. The Morgan fingerprint density at radius 2 is 1.80 bits per heavy atom. The Morgan fingerprint density at radius 1 is 1.20 bits per heavy atom. The summed E-state index contributed by atoms with van der Waals surface area (Å²) in [5.74, 6) is -2.77. The number of aryl methyl sites for hydroxylation is 2. The van der Waals surface area contributed by atoms with Gasteiger partial charge in [-0.05, 0) is 36.6 Å². The lowest BCUT2D eigenvalue weighted by molar-refractivity contribution is -0.136. The van der Waals surface area contributed by atoms with Gasteiger partial charge in [0.15, 0.2) is 0 Å². The van der Waals surface area contributed by atoms with Gasteiger partial charge in [0.25, 0.3) is 6.43 Å². The Morgan fingerprint density at radius 3 is 2.32 bits per heavy atom. The smallest absolute Gasteiger partial charge is 0.323 e. The number of hydrogen-bond acceptors (Lipinski definition) is 4. The van der Waals surface area contributed by atoms with Gasteiger partial charge in [-0.3, -0.25) is 14.4 Å². The van der Waals surface area contributed by atoms with Crippen molar-refractivity contribution in [2.45, 2.75) is 26.2 Å². The number of carboxylic acid groups (broad SMARTS) is 2. The number of carboxylic acids is 2. The minimum atomic E-state index is -2.68. The molecule has 0 fully saturated rings. The van der Waals surface area contributed by atoms with Crippen LogP contribution in [0.3, 0.4) is 0 Å². The van der Waals surface area contributed by atoms with Crippen LogP contribution >= 0.6 is 0 Å². The van der Waals surface area contributed by atoms with Crippen LogP contribution in [0.5, 0.6) is 0 Å². The third-order valence-electron chi connectivity index (χ3n) is 3.91. The fourth-order valence-electron chi connectivity index (χ4n) is 2.92. The average molecular weight is 356 g/mol. The molecular weight excluding hydrogens is 338 g/mol. The number of halogens is 2. The summed E-state index contributed by atoms with van der Waals surface area (Å²) in [5.41, 5.74) is 1.88. The van der Waals surface area contributed by atoms with E-state index in [-0.39, 0.29) is 6.42 Å². The fraction of sp³-hybridized carbons (Fsp3) is 0.438. The first-order valence-corrected chi connectivity index (χ1v) is 7.59. The minimum Gasteiger partial charge on any atom is -0.480 e. The molecule has 0 aliphatic carbocycles. The first-order valence-electron chi connectivity index (χ1n) is 7.59. The number of carbonyl (C=O) groups is 3. The summed E-state index contributed by atoms with van der Waals surface area (Å²) in [6.45, 7) is -0.109. The van der Waals surface area contributed by atoms with E-state index >= 15 is 0 Å². The van der Waals surface area contributed by atoms with Gasteiger partial charge in [0.2, 0.25) is 5.91 Å². The van der Waals surface area contributed by atoms with Crippen LogP contribution < -0.4 is 9.80 Å². The molecule has 7 nitrogen and oxygen atoms in total. The second-order valence-electron chi connectivity index (χ2n) is 5.81. The molecule has 1 amide bonds. The molecule has 0 radical (unpaired) electrons. The number of anilines is 2. The zero-order valence-corrected chi connectivity index (χ0v) is 13.5. The standard InChI is InChI=1S/C16H18F2N2O5/c1-9-4-12-10(2-3-14(21)20(12)6-13(17)18)5-11(9)19(7-15(22)23)8-16(24)25/h4-5,13H,2-3,6-8H2,1H3,(H,22,23)(H,24,25). The molecular formula is C16H18F2N2O5. The van der Waals surface area contributed by atoms with E-state index in [4.69, 9.17) is 10.2 Å². The number of rotatable bonds is 7. The van der Waals surface area contributed by atoms with Crippen LogP contribution in [-0.4, -0.2) is 54.1 Å². The highest BCUT2D eigenvalue weighted by molar-refractivity contribution is 5.97. The van der Waals surface area contributed by atoms with E-state index in [0.717, 1.165) is 4.90 Å². The minimum absolute atomic E-state index is 0.0695. The van der Waals surface area contributed by atoms with Crippen molar-refractivity contribution >= 4 is 29.2 Å². The zero-order chi connectivity index (χ0) is 18.7. The number of nitrogens with zero attached hydrogens (tertiary/aromatic N) is 2. The van der Waals surface area contributed by atoms with E-state index in [1.165, 1.54) is 11.0 Å². The lowest BCUT2D eigenvalue weighted by atomic mass is 9.97. The molecule has 1 heterocycles. The Labute approximate surface area is 142 Å². The van der Waals surface area contributed by atoms with Gasteiger partial charge in [-0.2, -0.15) is 0 Å². The lowest BCUT2D eigenvalue weighted by Gasteiger charge is -2.32. The highest BCUT2D eigenvalue weighted by Gasteiger charge is 2.28. The van der Waals surface area contributed by atoms with E-state index in [0.29, 0.717) is 28.9 Å². The van der Waals surface area contributed by atoms with Crippen molar-refractivity contribution in [2.24, 2.45) is 0 Å². The maximum atomic E-state index is 12.7. The Kier molecular flexibility index (Phi) is 5.55. The predicted molar refractivity (Wildman–Crippen MR) is 85.3 cm³/mol. The number of amides is 1. The van der Waals surface area contributed by atoms with Crippen LogP contribution in [-0.2, 0) is 20.8 Å². The van der Waals surface area contributed by atoms with Crippen molar-refractivity contribution in [2.75, 3.05) is 29.4 Å². The molecule has 0 atom stereocenters. The van der Waals surface area contributed by atoms with Gasteiger partial charge in [-0.1, -0.05) is 0 Å². The Bertz CT molecular complexity index is 692. The molecule has 0 saturated heterocycles. The van der Waals surface area contributed by atoms with E-state index in [1.54, 1.807) is 13.0 Å². The zero-order valence-electron chi connectivity index (χ0n) is 13.5. The Hall–Kier alpha value is -2.71. The van der Waals surface area contributed by atoms with Crippen molar-refractivity contribution in [1.29, 1.82) is 0 Å². The molecule has 1 aromatic carbocycles. The maximum absolute atomic E-state index is 12.7. The van der Waals surface area contributed by atoms with Crippen LogP contribution in [0.25, 0.3) is 0 Å².